The minimum absolute atomic E-state index is 0.570. The highest BCUT2D eigenvalue weighted by Crippen LogP contribution is 1.97. The van der Waals surface area contributed by atoms with E-state index in [-0.39, 0.29) is 0 Å². The number of aliphatic carboxylic acids is 1. The molecule has 12 heavy (non-hydrogen) atoms. The first kappa shape index (κ1) is 11.4. The molecule has 0 saturated heterocycles. The van der Waals surface area contributed by atoms with Crippen LogP contribution in [0, 0.1) is 0 Å². The zero-order chi connectivity index (χ0) is 9.40. The van der Waals surface area contributed by atoms with Gasteiger partial charge in [0.05, 0.1) is 0 Å². The van der Waals surface area contributed by atoms with E-state index >= 15 is 0 Å². The number of hydrogen-bond donors (Lipinski definition) is 3. The second kappa shape index (κ2) is 7.06. The molecule has 0 radical (unpaired) electrons. The average Bonchev–Trinajstić information content (AvgIpc) is 2.03. The molecule has 0 saturated carbocycles. The van der Waals surface area contributed by atoms with E-state index in [4.69, 9.17) is 10.8 Å². The van der Waals surface area contributed by atoms with E-state index in [9.17, 15) is 4.79 Å². The van der Waals surface area contributed by atoms with E-state index in [0.29, 0.717) is 6.42 Å². The van der Waals surface area contributed by atoms with Crippen molar-refractivity contribution in [2.75, 3.05) is 13.1 Å². The van der Waals surface area contributed by atoms with Crippen LogP contribution in [0.4, 0.5) is 0 Å². The summed E-state index contributed by atoms with van der Waals surface area (Å²) in [7, 11) is 0. The van der Waals surface area contributed by atoms with Crippen LogP contribution in [0.2, 0.25) is 0 Å². The number of rotatable bonds is 7. The predicted octanol–water partition coefficient (Wildman–Crippen LogP) is 0.178. The molecule has 0 aliphatic rings. The van der Waals surface area contributed by atoms with Gasteiger partial charge in [0.25, 0.3) is 0 Å². The van der Waals surface area contributed by atoms with E-state index in [1.54, 1.807) is 0 Å². The smallest absolute Gasteiger partial charge is 0.320 e. The van der Waals surface area contributed by atoms with Gasteiger partial charge in [-0.05, 0) is 25.9 Å². The molecule has 0 aromatic carbocycles. The molecule has 4 nitrogen and oxygen atoms in total. The third kappa shape index (κ3) is 6.12. The molecule has 0 aromatic rings. The molecule has 0 fully saturated rings. The van der Waals surface area contributed by atoms with Crippen LogP contribution in [0.1, 0.15) is 26.2 Å². The lowest BCUT2D eigenvalue weighted by atomic mass is 10.1. The first-order valence-electron chi connectivity index (χ1n) is 4.37. The summed E-state index contributed by atoms with van der Waals surface area (Å²) in [6.07, 6.45) is 2.44. The number of carbonyl (C=O) groups is 1. The van der Waals surface area contributed by atoms with Crippen LogP contribution in [0.15, 0.2) is 0 Å². The minimum Gasteiger partial charge on any atom is -0.480 e. The van der Waals surface area contributed by atoms with E-state index in [2.05, 4.69) is 5.32 Å². The molecule has 0 rings (SSSR count). The summed E-state index contributed by atoms with van der Waals surface area (Å²) in [5, 5.41) is 11.6. The van der Waals surface area contributed by atoms with Crippen LogP contribution >= 0.6 is 0 Å². The summed E-state index contributed by atoms with van der Waals surface area (Å²) in [6.45, 7) is 3.96. The fourth-order valence-electron chi connectivity index (χ4n) is 0.915. The molecule has 0 bridgehead atoms. The monoisotopic (exact) mass is 174 g/mol. The fraction of sp³-hybridized carbons (Fsp3) is 0.875. The van der Waals surface area contributed by atoms with Crippen LogP contribution in [0.5, 0.6) is 0 Å². The number of carboxylic acid groups (broad SMARTS) is 1. The van der Waals surface area contributed by atoms with Crippen molar-refractivity contribution in [2.24, 2.45) is 5.73 Å². The number of carboxylic acids is 1. The summed E-state index contributed by atoms with van der Waals surface area (Å²) in [6, 6.07) is -0.688. The average molecular weight is 174 g/mol. The third-order valence-corrected chi connectivity index (χ3v) is 1.69. The van der Waals surface area contributed by atoms with Crippen LogP contribution in [0.3, 0.4) is 0 Å². The van der Waals surface area contributed by atoms with Gasteiger partial charge in [-0.25, -0.2) is 0 Å². The third-order valence-electron chi connectivity index (χ3n) is 1.69. The zero-order valence-corrected chi connectivity index (χ0v) is 7.55. The Balaban J connectivity index is 3.14. The molecule has 0 aromatic heterocycles. The molecule has 4 heteroatoms. The first-order chi connectivity index (χ1) is 5.68. The maximum atomic E-state index is 10.3. The normalized spacial score (nSPS) is 12.8. The van der Waals surface area contributed by atoms with Gasteiger partial charge >= 0.3 is 5.97 Å². The summed E-state index contributed by atoms with van der Waals surface area (Å²) in [5.41, 5.74) is 5.31. The van der Waals surface area contributed by atoms with E-state index in [1.807, 2.05) is 6.92 Å². The van der Waals surface area contributed by atoms with Crippen molar-refractivity contribution in [2.45, 2.75) is 32.2 Å². The van der Waals surface area contributed by atoms with Gasteiger partial charge in [-0.2, -0.15) is 0 Å². The van der Waals surface area contributed by atoms with Gasteiger partial charge in [-0.1, -0.05) is 13.3 Å². The Morgan fingerprint density at radius 3 is 2.75 bits per heavy atom. The second-order valence-corrected chi connectivity index (χ2v) is 2.79. The van der Waals surface area contributed by atoms with Crippen molar-refractivity contribution in [3.63, 3.8) is 0 Å². The lowest BCUT2D eigenvalue weighted by Crippen LogP contribution is -2.30. The lowest BCUT2D eigenvalue weighted by Gasteiger charge is -2.05. The highest BCUT2D eigenvalue weighted by atomic mass is 16.4. The van der Waals surface area contributed by atoms with Gasteiger partial charge in [0, 0.05) is 0 Å². The molecule has 4 N–H and O–H groups in total. The van der Waals surface area contributed by atoms with Crippen LogP contribution in [0.25, 0.3) is 0 Å². The highest BCUT2D eigenvalue weighted by Gasteiger charge is 2.09. The van der Waals surface area contributed by atoms with Crippen LogP contribution < -0.4 is 11.1 Å². The predicted molar refractivity (Wildman–Crippen MR) is 48.0 cm³/mol. The molecule has 0 unspecified atom stereocenters. The molecule has 0 aliphatic carbocycles. The summed E-state index contributed by atoms with van der Waals surface area (Å²) >= 11 is 0. The van der Waals surface area contributed by atoms with Gasteiger partial charge in [-0.15, -0.1) is 0 Å². The van der Waals surface area contributed by atoms with Crippen LogP contribution in [-0.2, 0) is 4.79 Å². The maximum Gasteiger partial charge on any atom is 0.320 e. The molecule has 1 atom stereocenters. The Bertz CT molecular complexity index is 128. The largest absolute Gasteiger partial charge is 0.480 e. The number of hydrogen-bond acceptors (Lipinski definition) is 3. The van der Waals surface area contributed by atoms with Crippen molar-refractivity contribution < 1.29 is 9.90 Å². The van der Waals surface area contributed by atoms with Crippen molar-refractivity contribution in [1.29, 1.82) is 0 Å². The van der Waals surface area contributed by atoms with Crippen molar-refractivity contribution in [1.82, 2.24) is 5.32 Å². The van der Waals surface area contributed by atoms with E-state index in [0.717, 1.165) is 25.9 Å². The molecule has 0 heterocycles. The summed E-state index contributed by atoms with van der Waals surface area (Å²) in [4.78, 5) is 10.3. The fourth-order valence-corrected chi connectivity index (χ4v) is 0.915. The Morgan fingerprint density at radius 1 is 1.58 bits per heavy atom. The van der Waals surface area contributed by atoms with E-state index in [1.165, 1.54) is 0 Å². The molecule has 0 amide bonds. The molecular formula is C8H18N2O2. The van der Waals surface area contributed by atoms with Crippen LogP contribution in [-0.4, -0.2) is 30.2 Å². The topological polar surface area (TPSA) is 75.3 Å². The molecule has 0 aliphatic heterocycles. The van der Waals surface area contributed by atoms with Gasteiger partial charge in [0.1, 0.15) is 6.04 Å². The SMILES string of the molecule is CCNCCCC[C@H](N)C(=O)O. The molecule has 72 valence electrons. The number of nitrogens with two attached hydrogens (primary N) is 1. The minimum atomic E-state index is -0.904. The Labute approximate surface area is 73.1 Å². The molecule has 0 spiro atoms. The van der Waals surface area contributed by atoms with E-state index < -0.39 is 12.0 Å². The number of nitrogens with one attached hydrogen (secondary N) is 1. The Kier molecular flexibility index (Phi) is 6.70. The maximum absolute atomic E-state index is 10.3. The van der Waals surface area contributed by atoms with Crippen molar-refractivity contribution in [3.05, 3.63) is 0 Å². The summed E-state index contributed by atoms with van der Waals surface area (Å²) < 4.78 is 0. The number of unbranched alkanes of at least 4 members (excludes halogenated alkanes) is 1. The standard InChI is InChI=1S/C8H18N2O2/c1-2-10-6-4-3-5-7(9)8(11)12/h7,10H,2-6,9H2,1H3,(H,11,12)/t7-/m0/s1. The Hall–Kier alpha value is -0.610. The Morgan fingerprint density at radius 2 is 2.25 bits per heavy atom. The quantitative estimate of drug-likeness (QED) is 0.481. The van der Waals surface area contributed by atoms with Gasteiger partial charge < -0.3 is 16.2 Å². The van der Waals surface area contributed by atoms with Crippen molar-refractivity contribution in [3.8, 4) is 0 Å². The zero-order valence-electron chi connectivity index (χ0n) is 7.55. The van der Waals surface area contributed by atoms with Gasteiger partial charge in [0.15, 0.2) is 0 Å². The highest BCUT2D eigenvalue weighted by molar-refractivity contribution is 5.72. The van der Waals surface area contributed by atoms with Gasteiger partial charge in [0.2, 0.25) is 0 Å². The molecular weight excluding hydrogens is 156 g/mol. The van der Waals surface area contributed by atoms with Crippen molar-refractivity contribution >= 4 is 5.97 Å². The second-order valence-electron chi connectivity index (χ2n) is 2.79. The first-order valence-corrected chi connectivity index (χ1v) is 4.37. The lowest BCUT2D eigenvalue weighted by molar-refractivity contribution is -0.138. The summed E-state index contributed by atoms with van der Waals surface area (Å²) in [5.74, 6) is -0.904. The van der Waals surface area contributed by atoms with Gasteiger partial charge in [-0.3, -0.25) is 4.79 Å².